The summed E-state index contributed by atoms with van der Waals surface area (Å²) in [5.74, 6) is 0. The van der Waals surface area contributed by atoms with Gasteiger partial charge in [0, 0.05) is 11.6 Å². The molecule has 0 saturated heterocycles. The lowest BCUT2D eigenvalue weighted by molar-refractivity contribution is 0.590. The average molecular weight is 344 g/mol. The first-order valence-corrected chi connectivity index (χ1v) is 9.42. The predicted molar refractivity (Wildman–Crippen MR) is 93.1 cm³/mol. The van der Waals surface area contributed by atoms with Gasteiger partial charge < -0.3 is 0 Å². The van der Waals surface area contributed by atoms with E-state index in [1.165, 1.54) is 15.6 Å². The van der Waals surface area contributed by atoms with E-state index >= 15 is 0 Å². The van der Waals surface area contributed by atoms with Crippen LogP contribution in [-0.4, -0.2) is 13.4 Å². The average Bonchev–Trinajstić information content (AvgIpc) is 3.09. The van der Waals surface area contributed by atoms with Crippen molar-refractivity contribution in [2.45, 2.75) is 18.4 Å². The second kappa shape index (κ2) is 6.52. The number of thiazole rings is 1. The van der Waals surface area contributed by atoms with Crippen molar-refractivity contribution in [3.05, 3.63) is 77.3 Å². The minimum atomic E-state index is -3.65. The van der Waals surface area contributed by atoms with Crippen molar-refractivity contribution in [3.63, 3.8) is 0 Å². The first kappa shape index (κ1) is 15.7. The zero-order chi connectivity index (χ0) is 16.3. The molecule has 0 radical (unpaired) electrons. The van der Waals surface area contributed by atoms with Gasteiger partial charge in [-0.3, -0.25) is 0 Å². The zero-order valence-corrected chi connectivity index (χ0v) is 14.2. The highest BCUT2D eigenvalue weighted by Gasteiger charge is 2.26. The molecule has 3 aromatic rings. The normalized spacial score (nSPS) is 11.3. The highest BCUT2D eigenvalue weighted by Crippen LogP contribution is 2.27. The van der Waals surface area contributed by atoms with Gasteiger partial charge >= 0.3 is 0 Å². The minimum absolute atomic E-state index is 0.255. The van der Waals surface area contributed by atoms with Crippen molar-refractivity contribution in [2.75, 3.05) is 4.31 Å². The third-order valence-electron chi connectivity index (χ3n) is 3.41. The molecule has 0 atom stereocenters. The molecule has 3 rings (SSSR count). The van der Waals surface area contributed by atoms with Crippen LogP contribution in [0.15, 0.2) is 71.1 Å². The molecule has 0 spiro atoms. The summed E-state index contributed by atoms with van der Waals surface area (Å²) in [7, 11) is -3.65. The summed E-state index contributed by atoms with van der Waals surface area (Å²) in [6.45, 7) is 2.26. The number of benzene rings is 2. The van der Waals surface area contributed by atoms with E-state index in [0.717, 1.165) is 11.1 Å². The van der Waals surface area contributed by atoms with Gasteiger partial charge in [-0.1, -0.05) is 48.0 Å². The SMILES string of the molecule is Cc1ccc(CN(c2nccs2)S(=O)(=O)c2ccccc2)cc1. The fourth-order valence-electron chi connectivity index (χ4n) is 2.17. The van der Waals surface area contributed by atoms with Crippen LogP contribution < -0.4 is 4.31 Å². The second-order valence-electron chi connectivity index (χ2n) is 5.13. The molecule has 118 valence electrons. The van der Waals surface area contributed by atoms with Gasteiger partial charge in [-0.05, 0) is 24.6 Å². The van der Waals surface area contributed by atoms with Gasteiger partial charge in [0.25, 0.3) is 10.0 Å². The Morgan fingerprint density at radius 1 is 1.04 bits per heavy atom. The molecule has 1 heterocycles. The van der Waals surface area contributed by atoms with Gasteiger partial charge in [-0.25, -0.2) is 17.7 Å². The fraction of sp³-hybridized carbons (Fsp3) is 0.118. The molecule has 2 aromatic carbocycles. The maximum Gasteiger partial charge on any atom is 0.266 e. The Labute approximate surface area is 140 Å². The van der Waals surface area contributed by atoms with Gasteiger partial charge in [0.1, 0.15) is 0 Å². The summed E-state index contributed by atoms with van der Waals surface area (Å²) >= 11 is 1.31. The number of hydrogen-bond acceptors (Lipinski definition) is 4. The van der Waals surface area contributed by atoms with Crippen molar-refractivity contribution in [1.29, 1.82) is 0 Å². The largest absolute Gasteiger partial charge is 0.266 e. The van der Waals surface area contributed by atoms with E-state index < -0.39 is 10.0 Å². The van der Waals surface area contributed by atoms with Crippen molar-refractivity contribution in [1.82, 2.24) is 4.98 Å². The highest BCUT2D eigenvalue weighted by molar-refractivity contribution is 7.93. The smallest absolute Gasteiger partial charge is 0.237 e. The highest BCUT2D eigenvalue weighted by atomic mass is 32.2. The van der Waals surface area contributed by atoms with Crippen LogP contribution in [0.1, 0.15) is 11.1 Å². The molecule has 0 aliphatic heterocycles. The molecule has 0 aliphatic rings. The van der Waals surface area contributed by atoms with E-state index in [4.69, 9.17) is 0 Å². The molecule has 0 N–H and O–H groups in total. The summed E-state index contributed by atoms with van der Waals surface area (Å²) in [4.78, 5) is 4.45. The van der Waals surface area contributed by atoms with Crippen LogP contribution in [0, 0.1) is 6.92 Å². The number of anilines is 1. The summed E-state index contributed by atoms with van der Waals surface area (Å²) in [5.41, 5.74) is 2.06. The van der Waals surface area contributed by atoms with Crippen LogP contribution in [0.3, 0.4) is 0 Å². The van der Waals surface area contributed by atoms with E-state index in [1.807, 2.05) is 31.2 Å². The van der Waals surface area contributed by atoms with E-state index in [9.17, 15) is 8.42 Å². The molecule has 0 aliphatic carbocycles. The molecule has 0 unspecified atom stereocenters. The van der Waals surface area contributed by atoms with Crippen LogP contribution in [0.5, 0.6) is 0 Å². The van der Waals surface area contributed by atoms with Crippen LogP contribution in [-0.2, 0) is 16.6 Å². The number of rotatable bonds is 5. The molecule has 4 nitrogen and oxygen atoms in total. The monoisotopic (exact) mass is 344 g/mol. The Bertz CT molecular complexity index is 859. The Morgan fingerprint density at radius 2 is 1.74 bits per heavy atom. The van der Waals surface area contributed by atoms with Crippen molar-refractivity contribution in [3.8, 4) is 0 Å². The molecule has 1 aromatic heterocycles. The van der Waals surface area contributed by atoms with Gasteiger partial charge in [0.05, 0.1) is 11.4 Å². The maximum atomic E-state index is 13.0. The van der Waals surface area contributed by atoms with Crippen LogP contribution in [0.25, 0.3) is 0 Å². The molecule has 23 heavy (non-hydrogen) atoms. The molecule has 0 saturated carbocycles. The van der Waals surface area contributed by atoms with Gasteiger partial charge in [0.2, 0.25) is 0 Å². The molecule has 0 fully saturated rings. The third kappa shape index (κ3) is 3.43. The molecular formula is C17H16N2O2S2. The first-order valence-electron chi connectivity index (χ1n) is 7.10. The number of sulfonamides is 1. The number of aromatic nitrogens is 1. The van der Waals surface area contributed by atoms with E-state index in [0.29, 0.717) is 5.13 Å². The lowest BCUT2D eigenvalue weighted by Gasteiger charge is -2.22. The van der Waals surface area contributed by atoms with Crippen molar-refractivity contribution < 1.29 is 8.42 Å². The van der Waals surface area contributed by atoms with E-state index in [-0.39, 0.29) is 11.4 Å². The Kier molecular flexibility index (Phi) is 4.45. The van der Waals surface area contributed by atoms with Crippen LogP contribution in [0.4, 0.5) is 5.13 Å². The van der Waals surface area contributed by atoms with Crippen LogP contribution >= 0.6 is 11.3 Å². The summed E-state index contributed by atoms with van der Waals surface area (Å²) in [5, 5.41) is 2.24. The first-order chi connectivity index (χ1) is 11.1. The van der Waals surface area contributed by atoms with Crippen molar-refractivity contribution in [2.24, 2.45) is 0 Å². The molecular weight excluding hydrogens is 328 g/mol. The standard InChI is InChI=1S/C17H16N2O2S2/c1-14-7-9-15(10-8-14)13-19(17-18-11-12-22-17)23(20,21)16-5-3-2-4-6-16/h2-12H,13H2,1H3. The lowest BCUT2D eigenvalue weighted by Crippen LogP contribution is -2.30. The van der Waals surface area contributed by atoms with E-state index in [1.54, 1.807) is 41.9 Å². The Morgan fingerprint density at radius 3 is 2.35 bits per heavy atom. The summed E-state index contributed by atoms with van der Waals surface area (Å²) in [6.07, 6.45) is 1.61. The zero-order valence-electron chi connectivity index (χ0n) is 12.6. The van der Waals surface area contributed by atoms with Gasteiger partial charge in [0.15, 0.2) is 5.13 Å². The topological polar surface area (TPSA) is 50.3 Å². The Hall–Kier alpha value is -2.18. The third-order valence-corrected chi connectivity index (χ3v) is 6.07. The predicted octanol–water partition coefficient (Wildman–Crippen LogP) is 3.85. The van der Waals surface area contributed by atoms with E-state index in [2.05, 4.69) is 4.98 Å². The second-order valence-corrected chi connectivity index (χ2v) is 7.86. The van der Waals surface area contributed by atoms with Gasteiger partial charge in [-0.15, -0.1) is 11.3 Å². The quantitative estimate of drug-likeness (QED) is 0.706. The molecule has 0 amide bonds. The summed E-state index contributed by atoms with van der Waals surface area (Å²) in [6, 6.07) is 16.3. The number of nitrogens with zero attached hydrogens (tertiary/aromatic N) is 2. The Balaban J connectivity index is 2.01. The molecule has 0 bridgehead atoms. The fourth-order valence-corrected chi connectivity index (χ4v) is 4.47. The van der Waals surface area contributed by atoms with Crippen molar-refractivity contribution >= 4 is 26.5 Å². The lowest BCUT2D eigenvalue weighted by atomic mass is 10.1. The minimum Gasteiger partial charge on any atom is -0.237 e. The molecule has 6 heteroatoms. The maximum absolute atomic E-state index is 13.0. The summed E-state index contributed by atoms with van der Waals surface area (Å²) < 4.78 is 27.3. The van der Waals surface area contributed by atoms with Gasteiger partial charge in [-0.2, -0.15) is 0 Å². The number of hydrogen-bond donors (Lipinski definition) is 0. The number of aryl methyl sites for hydroxylation is 1. The van der Waals surface area contributed by atoms with Crippen LogP contribution in [0.2, 0.25) is 0 Å².